The number of rotatable bonds is 8. The summed E-state index contributed by atoms with van der Waals surface area (Å²) in [5.41, 5.74) is 1.65. The highest BCUT2D eigenvalue weighted by Crippen LogP contribution is 2.35. The second-order valence-corrected chi connectivity index (χ2v) is 7.77. The van der Waals surface area contributed by atoms with E-state index in [1.54, 1.807) is 36.4 Å². The number of halogens is 2. The van der Waals surface area contributed by atoms with E-state index in [1.165, 1.54) is 37.5 Å². The van der Waals surface area contributed by atoms with Gasteiger partial charge in [-0.05, 0) is 53.6 Å². The van der Waals surface area contributed by atoms with Crippen molar-refractivity contribution in [1.82, 2.24) is 0 Å². The van der Waals surface area contributed by atoms with Crippen molar-refractivity contribution in [1.29, 1.82) is 5.26 Å². The number of benzene rings is 3. The highest BCUT2D eigenvalue weighted by molar-refractivity contribution is 6.37. The standard InChI is InChI=1S/C25H18Cl2N2O5/c1-33-20-4-2-3-19(12-20)29-24(30)18(13-28)9-16-10-21(26)23(22(27)11-16)34-14-15-5-7-17(8-6-15)25(31)32/h2-12H,14H2,1H3,(H,29,30)(H,31,32)/b18-9-. The molecule has 2 N–H and O–H groups in total. The van der Waals surface area contributed by atoms with Crippen molar-refractivity contribution in [2.75, 3.05) is 12.4 Å². The molecule has 172 valence electrons. The van der Waals surface area contributed by atoms with Gasteiger partial charge in [-0.1, -0.05) is 41.4 Å². The van der Waals surface area contributed by atoms with E-state index in [0.29, 0.717) is 17.0 Å². The molecule has 9 heteroatoms. The second kappa shape index (κ2) is 11.2. The van der Waals surface area contributed by atoms with E-state index in [0.717, 1.165) is 5.56 Å². The van der Waals surface area contributed by atoms with E-state index in [-0.39, 0.29) is 33.5 Å². The van der Waals surface area contributed by atoms with Gasteiger partial charge in [0.25, 0.3) is 5.91 Å². The lowest BCUT2D eigenvalue weighted by Gasteiger charge is -2.11. The third-order valence-electron chi connectivity index (χ3n) is 4.61. The van der Waals surface area contributed by atoms with Crippen LogP contribution in [0.2, 0.25) is 10.0 Å². The van der Waals surface area contributed by atoms with Crippen molar-refractivity contribution < 1.29 is 24.2 Å². The minimum atomic E-state index is -1.02. The molecule has 3 aromatic rings. The zero-order valence-corrected chi connectivity index (χ0v) is 19.4. The molecule has 1 amide bonds. The van der Waals surface area contributed by atoms with Gasteiger partial charge in [-0.3, -0.25) is 4.79 Å². The van der Waals surface area contributed by atoms with E-state index in [9.17, 15) is 14.9 Å². The zero-order chi connectivity index (χ0) is 24.7. The van der Waals surface area contributed by atoms with Crippen molar-refractivity contribution in [3.63, 3.8) is 0 Å². The average molecular weight is 497 g/mol. The molecule has 0 spiro atoms. The molecule has 0 radical (unpaired) electrons. The Morgan fingerprint density at radius 2 is 1.76 bits per heavy atom. The van der Waals surface area contributed by atoms with Gasteiger partial charge in [0, 0.05) is 11.8 Å². The first-order valence-electron chi connectivity index (χ1n) is 9.82. The number of anilines is 1. The third-order valence-corrected chi connectivity index (χ3v) is 5.17. The molecule has 3 rings (SSSR count). The number of carboxylic acid groups (broad SMARTS) is 1. The first-order chi connectivity index (χ1) is 16.3. The molecule has 0 aliphatic carbocycles. The Balaban J connectivity index is 1.74. The number of carbonyl (C=O) groups excluding carboxylic acids is 1. The summed E-state index contributed by atoms with van der Waals surface area (Å²) < 4.78 is 10.8. The average Bonchev–Trinajstić information content (AvgIpc) is 2.82. The molecule has 0 atom stereocenters. The number of hydrogen-bond donors (Lipinski definition) is 2. The first-order valence-corrected chi connectivity index (χ1v) is 10.6. The van der Waals surface area contributed by atoms with Gasteiger partial charge in [0.1, 0.15) is 24.0 Å². The topological polar surface area (TPSA) is 109 Å². The third kappa shape index (κ3) is 6.29. The second-order valence-electron chi connectivity index (χ2n) is 6.96. The number of aromatic carboxylic acids is 1. The summed E-state index contributed by atoms with van der Waals surface area (Å²) >= 11 is 12.6. The fourth-order valence-electron chi connectivity index (χ4n) is 2.91. The zero-order valence-electron chi connectivity index (χ0n) is 17.8. The van der Waals surface area contributed by atoms with Gasteiger partial charge in [0.15, 0.2) is 5.75 Å². The lowest BCUT2D eigenvalue weighted by molar-refractivity contribution is -0.112. The van der Waals surface area contributed by atoms with Crippen molar-refractivity contribution in [2.24, 2.45) is 0 Å². The number of nitrogens with zero attached hydrogens (tertiary/aromatic N) is 1. The fourth-order valence-corrected chi connectivity index (χ4v) is 3.53. The minimum Gasteiger partial charge on any atom is -0.497 e. The lowest BCUT2D eigenvalue weighted by atomic mass is 10.1. The summed E-state index contributed by atoms with van der Waals surface area (Å²) in [6.07, 6.45) is 1.36. The van der Waals surface area contributed by atoms with Gasteiger partial charge in [-0.2, -0.15) is 5.26 Å². The summed E-state index contributed by atoms with van der Waals surface area (Å²) in [5, 5.41) is 21.4. The molecule has 7 nitrogen and oxygen atoms in total. The monoisotopic (exact) mass is 496 g/mol. The Labute approximate surface area is 205 Å². The van der Waals surface area contributed by atoms with Gasteiger partial charge in [-0.15, -0.1) is 0 Å². The Bertz CT molecular complexity index is 1270. The Kier molecular flexibility index (Phi) is 8.14. The predicted molar refractivity (Wildman–Crippen MR) is 129 cm³/mol. The van der Waals surface area contributed by atoms with Crippen LogP contribution in [0.15, 0.2) is 66.2 Å². The molecule has 0 fully saturated rings. The Hall–Kier alpha value is -3.99. The van der Waals surface area contributed by atoms with Gasteiger partial charge in [0.2, 0.25) is 0 Å². The van der Waals surface area contributed by atoms with E-state index in [4.69, 9.17) is 37.8 Å². The van der Waals surface area contributed by atoms with E-state index in [2.05, 4.69) is 5.32 Å². The number of carboxylic acids is 1. The smallest absolute Gasteiger partial charge is 0.335 e. The molecule has 0 saturated carbocycles. The van der Waals surface area contributed by atoms with Crippen LogP contribution in [0.3, 0.4) is 0 Å². The molecule has 0 aromatic heterocycles. The largest absolute Gasteiger partial charge is 0.497 e. The molecule has 0 heterocycles. The maximum Gasteiger partial charge on any atom is 0.335 e. The van der Waals surface area contributed by atoms with Crippen LogP contribution in [0.5, 0.6) is 11.5 Å². The molecule has 3 aromatic carbocycles. The molecule has 34 heavy (non-hydrogen) atoms. The maximum absolute atomic E-state index is 12.5. The number of methoxy groups -OCH3 is 1. The maximum atomic E-state index is 12.5. The van der Waals surface area contributed by atoms with Crippen LogP contribution in [0.4, 0.5) is 5.69 Å². The minimum absolute atomic E-state index is 0.112. The number of ether oxygens (including phenoxy) is 2. The molecular weight excluding hydrogens is 479 g/mol. The van der Waals surface area contributed by atoms with E-state index in [1.807, 2.05) is 6.07 Å². The molecule has 0 aliphatic rings. The predicted octanol–water partition coefficient (Wildman–Crippen LogP) is 5.82. The van der Waals surface area contributed by atoms with Crippen LogP contribution in [-0.2, 0) is 11.4 Å². The van der Waals surface area contributed by atoms with E-state index >= 15 is 0 Å². The van der Waals surface area contributed by atoms with Gasteiger partial charge < -0.3 is 19.9 Å². The van der Waals surface area contributed by atoms with Crippen molar-refractivity contribution in [3.05, 3.63) is 93.0 Å². The van der Waals surface area contributed by atoms with Crippen molar-refractivity contribution in [2.45, 2.75) is 6.61 Å². The van der Waals surface area contributed by atoms with Crippen LogP contribution >= 0.6 is 23.2 Å². The molecular formula is C25H18Cl2N2O5. The molecule has 0 saturated heterocycles. The van der Waals surface area contributed by atoms with Gasteiger partial charge >= 0.3 is 5.97 Å². The molecule has 0 aliphatic heterocycles. The molecule has 0 unspecified atom stereocenters. The van der Waals surface area contributed by atoms with Crippen LogP contribution in [0.25, 0.3) is 6.08 Å². The van der Waals surface area contributed by atoms with Crippen LogP contribution < -0.4 is 14.8 Å². The van der Waals surface area contributed by atoms with Crippen LogP contribution in [-0.4, -0.2) is 24.1 Å². The van der Waals surface area contributed by atoms with E-state index < -0.39 is 11.9 Å². The van der Waals surface area contributed by atoms with Crippen LogP contribution in [0.1, 0.15) is 21.5 Å². The highest BCUT2D eigenvalue weighted by Gasteiger charge is 2.14. The quantitative estimate of drug-likeness (QED) is 0.300. The van der Waals surface area contributed by atoms with Crippen molar-refractivity contribution in [3.8, 4) is 17.6 Å². The summed E-state index contributed by atoms with van der Waals surface area (Å²) in [7, 11) is 1.51. The number of carbonyl (C=O) groups is 2. The summed E-state index contributed by atoms with van der Waals surface area (Å²) in [4.78, 5) is 23.5. The SMILES string of the molecule is COc1cccc(NC(=O)/C(C#N)=C\c2cc(Cl)c(OCc3ccc(C(=O)O)cc3)c(Cl)c2)c1. The first kappa shape index (κ1) is 24.6. The lowest BCUT2D eigenvalue weighted by Crippen LogP contribution is -2.13. The summed E-state index contributed by atoms with van der Waals surface area (Å²) in [5.74, 6) is -0.835. The van der Waals surface area contributed by atoms with Crippen molar-refractivity contribution >= 4 is 46.8 Å². The highest BCUT2D eigenvalue weighted by atomic mass is 35.5. The Morgan fingerprint density at radius 3 is 2.35 bits per heavy atom. The number of nitriles is 1. The van der Waals surface area contributed by atoms with Gasteiger partial charge in [-0.25, -0.2) is 4.79 Å². The van der Waals surface area contributed by atoms with Gasteiger partial charge in [0.05, 0.1) is 22.7 Å². The Morgan fingerprint density at radius 1 is 1.09 bits per heavy atom. The summed E-state index contributed by atoms with van der Waals surface area (Å²) in [6.45, 7) is 0.112. The number of amides is 1. The number of nitrogens with one attached hydrogen (secondary N) is 1. The molecule has 0 bridgehead atoms. The van der Waals surface area contributed by atoms with Crippen LogP contribution in [0, 0.1) is 11.3 Å². The fraction of sp³-hybridized carbons (Fsp3) is 0.0800. The summed E-state index contributed by atoms with van der Waals surface area (Å²) in [6, 6.07) is 17.8. The normalized spacial score (nSPS) is 10.8. The number of hydrogen-bond acceptors (Lipinski definition) is 5.